The van der Waals surface area contributed by atoms with Crippen molar-refractivity contribution >= 4 is 41.5 Å². The van der Waals surface area contributed by atoms with Gasteiger partial charge in [0.25, 0.3) is 0 Å². The first-order chi connectivity index (χ1) is 21.2. The van der Waals surface area contributed by atoms with E-state index in [0.29, 0.717) is 28.2 Å². The zero-order chi connectivity index (χ0) is 32.7. The number of anilines is 1. The van der Waals surface area contributed by atoms with Crippen molar-refractivity contribution in [2.45, 2.75) is 70.9 Å². The largest absolute Gasteiger partial charge is 0.462 e. The summed E-state index contributed by atoms with van der Waals surface area (Å²) in [5.74, 6) is 0.531. The van der Waals surface area contributed by atoms with E-state index in [4.69, 9.17) is 18.5 Å². The number of ether oxygens (including phenoxy) is 2. The standard InChI is InChI=1S/C30H38FN6O7P/c1-17(2)42-28(39)18(3)35-45(40,44-22-14-10-12-20-11-8-9-13-21(20)22)41-15-23-25(38)30(5,31)29(43-23)37-16-32-24-26(36(6)7)33-19(4)34-27(24)37/h8-14,16-18,23,25,29,38H,15H2,1-7H3,(H,35,40)/t18-,23+,25+,29+,30+,45-/m0/s1. The molecule has 6 atom stereocenters. The Kier molecular flexibility index (Phi) is 9.16. The first kappa shape index (κ1) is 32.7. The molecule has 3 heterocycles. The van der Waals surface area contributed by atoms with Crippen LogP contribution in [0.25, 0.3) is 21.9 Å². The summed E-state index contributed by atoms with van der Waals surface area (Å²) < 4.78 is 54.9. The topological polar surface area (TPSA) is 150 Å². The fourth-order valence-corrected chi connectivity index (χ4v) is 6.65. The fraction of sp³-hybridized carbons (Fsp3) is 0.467. The number of alkyl halides is 1. The summed E-state index contributed by atoms with van der Waals surface area (Å²) in [4.78, 5) is 27.6. The highest BCUT2D eigenvalue weighted by Gasteiger charge is 2.56. The molecule has 0 aliphatic carbocycles. The highest BCUT2D eigenvalue weighted by atomic mass is 31.2. The normalized spacial score (nSPS) is 23.7. The molecule has 4 aromatic rings. The highest BCUT2D eigenvalue weighted by Crippen LogP contribution is 2.49. The monoisotopic (exact) mass is 644 g/mol. The number of carbonyl (C=O) groups is 1. The molecular weight excluding hydrogens is 606 g/mol. The molecule has 1 fully saturated rings. The summed E-state index contributed by atoms with van der Waals surface area (Å²) in [6.45, 7) is 7.19. The number of hydrogen-bond acceptors (Lipinski definition) is 11. The average Bonchev–Trinajstić information content (AvgIpc) is 3.48. The number of aliphatic hydroxyl groups is 1. The number of aryl methyl sites for hydroxylation is 1. The van der Waals surface area contributed by atoms with E-state index in [1.807, 2.05) is 18.2 Å². The van der Waals surface area contributed by atoms with Gasteiger partial charge in [0.2, 0.25) is 0 Å². The van der Waals surface area contributed by atoms with Crippen molar-refractivity contribution in [1.29, 1.82) is 0 Å². The summed E-state index contributed by atoms with van der Waals surface area (Å²) in [6.07, 6.45) is -3.39. The van der Waals surface area contributed by atoms with E-state index in [0.717, 1.165) is 5.39 Å². The molecule has 1 saturated heterocycles. The quantitative estimate of drug-likeness (QED) is 0.175. The van der Waals surface area contributed by atoms with E-state index < -0.39 is 56.6 Å². The predicted molar refractivity (Wildman–Crippen MR) is 166 cm³/mol. The van der Waals surface area contributed by atoms with E-state index in [9.17, 15) is 14.5 Å². The van der Waals surface area contributed by atoms with Gasteiger partial charge < -0.3 is 24.0 Å². The molecule has 5 rings (SSSR count). The number of nitrogens with one attached hydrogen (secondary N) is 1. The zero-order valence-corrected chi connectivity index (χ0v) is 27.1. The van der Waals surface area contributed by atoms with Crippen molar-refractivity contribution in [3.05, 3.63) is 54.6 Å². The Balaban J connectivity index is 1.42. The van der Waals surface area contributed by atoms with Crippen LogP contribution in [0.2, 0.25) is 0 Å². The van der Waals surface area contributed by atoms with Gasteiger partial charge in [-0.05, 0) is 46.1 Å². The third-order valence-corrected chi connectivity index (χ3v) is 8.97. The van der Waals surface area contributed by atoms with Crippen LogP contribution in [0.15, 0.2) is 48.8 Å². The summed E-state index contributed by atoms with van der Waals surface area (Å²) >= 11 is 0. The molecule has 2 N–H and O–H groups in total. The maximum Gasteiger partial charge on any atom is 0.459 e. The Morgan fingerprint density at radius 2 is 1.91 bits per heavy atom. The van der Waals surface area contributed by atoms with Gasteiger partial charge >= 0.3 is 13.7 Å². The van der Waals surface area contributed by atoms with E-state index in [1.54, 1.807) is 64.0 Å². The van der Waals surface area contributed by atoms with Crippen LogP contribution in [0.5, 0.6) is 5.75 Å². The Morgan fingerprint density at radius 3 is 2.62 bits per heavy atom. The van der Waals surface area contributed by atoms with Crippen molar-refractivity contribution in [1.82, 2.24) is 24.6 Å². The lowest BCUT2D eigenvalue weighted by atomic mass is 9.98. The molecule has 242 valence electrons. The van der Waals surface area contributed by atoms with E-state index in [1.165, 1.54) is 24.7 Å². The number of halogens is 1. The molecule has 0 radical (unpaired) electrons. The highest BCUT2D eigenvalue weighted by molar-refractivity contribution is 7.52. The lowest BCUT2D eigenvalue weighted by Crippen LogP contribution is -2.41. The maximum atomic E-state index is 16.2. The molecule has 1 aliphatic heterocycles. The summed E-state index contributed by atoms with van der Waals surface area (Å²) in [5.41, 5.74) is -1.59. The van der Waals surface area contributed by atoms with Crippen molar-refractivity contribution in [2.75, 3.05) is 25.6 Å². The molecule has 15 heteroatoms. The van der Waals surface area contributed by atoms with Crippen LogP contribution in [0, 0.1) is 6.92 Å². The van der Waals surface area contributed by atoms with Crippen molar-refractivity contribution in [3.63, 3.8) is 0 Å². The number of fused-ring (bicyclic) bond motifs is 2. The number of aliphatic hydroxyl groups excluding tert-OH is 1. The van der Waals surface area contributed by atoms with Gasteiger partial charge in [-0.2, -0.15) is 5.09 Å². The minimum absolute atomic E-state index is 0.228. The predicted octanol–water partition coefficient (Wildman–Crippen LogP) is 4.47. The number of carbonyl (C=O) groups excluding carboxylic acids is 1. The van der Waals surface area contributed by atoms with E-state index in [-0.39, 0.29) is 5.75 Å². The molecule has 0 bridgehead atoms. The molecule has 0 saturated carbocycles. The summed E-state index contributed by atoms with van der Waals surface area (Å²) in [5, 5.41) is 15.2. The van der Waals surface area contributed by atoms with Crippen LogP contribution in [-0.2, 0) is 23.4 Å². The second-order valence-electron chi connectivity index (χ2n) is 11.6. The van der Waals surface area contributed by atoms with Gasteiger partial charge in [-0.1, -0.05) is 36.4 Å². The fourth-order valence-electron chi connectivity index (χ4n) is 5.13. The number of imidazole rings is 1. The molecule has 2 aromatic heterocycles. The van der Waals surface area contributed by atoms with E-state index in [2.05, 4.69) is 20.0 Å². The molecule has 0 amide bonds. The molecule has 1 aliphatic rings. The van der Waals surface area contributed by atoms with E-state index >= 15 is 4.39 Å². The van der Waals surface area contributed by atoms with Crippen molar-refractivity contribution < 1.29 is 37.4 Å². The van der Waals surface area contributed by atoms with Crippen LogP contribution in [0.3, 0.4) is 0 Å². The molecule has 13 nitrogen and oxygen atoms in total. The zero-order valence-electron chi connectivity index (χ0n) is 26.2. The molecule has 2 aromatic carbocycles. The second kappa shape index (κ2) is 12.6. The molecule has 45 heavy (non-hydrogen) atoms. The first-order valence-corrected chi connectivity index (χ1v) is 16.1. The average molecular weight is 645 g/mol. The van der Waals surface area contributed by atoms with Crippen LogP contribution in [0.1, 0.15) is 39.7 Å². The van der Waals surface area contributed by atoms with Crippen LogP contribution < -0.4 is 14.5 Å². The van der Waals surface area contributed by atoms with Crippen molar-refractivity contribution in [3.8, 4) is 5.75 Å². The van der Waals surface area contributed by atoms with Gasteiger partial charge in [0.05, 0.1) is 19.0 Å². The Morgan fingerprint density at radius 1 is 1.20 bits per heavy atom. The van der Waals surface area contributed by atoms with Crippen LogP contribution in [0.4, 0.5) is 10.2 Å². The molecule has 0 unspecified atom stereocenters. The summed E-state index contributed by atoms with van der Waals surface area (Å²) in [7, 11) is -0.764. The first-order valence-electron chi connectivity index (χ1n) is 14.5. The SMILES string of the molecule is Cc1nc(N(C)C)c2ncn([C@@H]3O[C@H](CO[P@@](=O)(N[C@@H](C)C(=O)OC(C)C)Oc4cccc5ccccc45)[C@@H](O)[C@@]3(C)F)c2n1. The van der Waals surface area contributed by atoms with Crippen LogP contribution in [-0.4, -0.2) is 81.3 Å². The minimum Gasteiger partial charge on any atom is -0.462 e. The van der Waals surface area contributed by atoms with Gasteiger partial charge in [0.15, 0.2) is 28.9 Å². The lowest BCUT2D eigenvalue weighted by Gasteiger charge is -2.26. The van der Waals surface area contributed by atoms with Gasteiger partial charge in [-0.3, -0.25) is 13.9 Å². The number of rotatable bonds is 11. The number of hydrogen-bond donors (Lipinski definition) is 2. The second-order valence-corrected chi connectivity index (χ2v) is 13.3. The summed E-state index contributed by atoms with van der Waals surface area (Å²) in [6, 6.07) is 11.4. The van der Waals surface area contributed by atoms with Gasteiger partial charge in [0.1, 0.15) is 29.8 Å². The third-order valence-electron chi connectivity index (χ3n) is 7.34. The number of esters is 1. The maximum absolute atomic E-state index is 16.2. The van der Waals surface area contributed by atoms with Crippen molar-refractivity contribution in [2.24, 2.45) is 0 Å². The number of aromatic nitrogens is 4. The Hall–Kier alpha value is -3.68. The molecule has 0 spiro atoms. The molecular formula is C30H38FN6O7P. The number of benzene rings is 2. The third kappa shape index (κ3) is 6.66. The smallest absolute Gasteiger partial charge is 0.459 e. The van der Waals surface area contributed by atoms with Gasteiger partial charge in [0, 0.05) is 19.5 Å². The minimum atomic E-state index is -4.37. The Labute approximate surface area is 260 Å². The van der Waals surface area contributed by atoms with Crippen LogP contribution >= 0.6 is 7.75 Å². The number of nitrogens with zero attached hydrogens (tertiary/aromatic N) is 5. The van der Waals surface area contributed by atoms with Gasteiger partial charge in [-0.15, -0.1) is 0 Å². The Bertz CT molecular complexity index is 1740. The van der Waals surface area contributed by atoms with Gasteiger partial charge in [-0.25, -0.2) is 23.9 Å². The lowest BCUT2D eigenvalue weighted by molar-refractivity contribution is -0.149.